The summed E-state index contributed by atoms with van der Waals surface area (Å²) in [4.78, 5) is 23.0. The van der Waals surface area contributed by atoms with Crippen LogP contribution in [0.3, 0.4) is 0 Å². The number of aldehydes is 1. The Bertz CT molecular complexity index is 699. The van der Waals surface area contributed by atoms with Gasteiger partial charge in [-0.3, -0.25) is 9.59 Å². The van der Waals surface area contributed by atoms with E-state index in [1.54, 1.807) is 20.0 Å². The molecule has 1 aromatic rings. The van der Waals surface area contributed by atoms with E-state index in [-0.39, 0.29) is 5.91 Å². The minimum absolute atomic E-state index is 0.202. The van der Waals surface area contributed by atoms with Gasteiger partial charge in [0.2, 0.25) is 5.91 Å². The van der Waals surface area contributed by atoms with Gasteiger partial charge >= 0.3 is 0 Å². The highest BCUT2D eigenvalue weighted by Gasteiger charge is 2.07. The Labute approximate surface area is 149 Å². The van der Waals surface area contributed by atoms with Crippen LogP contribution in [0.4, 0.5) is 0 Å². The minimum atomic E-state index is -0.202. The molecule has 0 fully saturated rings. The Morgan fingerprint density at radius 2 is 1.88 bits per heavy atom. The van der Waals surface area contributed by atoms with E-state index < -0.39 is 0 Å². The lowest BCUT2D eigenvalue weighted by Crippen LogP contribution is -2.18. The number of likely N-dealkylation sites (N-methyl/N-ethyl adjacent to an activating group) is 1. The van der Waals surface area contributed by atoms with Crippen molar-refractivity contribution >= 4 is 23.8 Å². The van der Waals surface area contributed by atoms with Crippen molar-refractivity contribution < 1.29 is 9.59 Å². The van der Waals surface area contributed by atoms with E-state index in [1.807, 2.05) is 37.3 Å². The minimum Gasteiger partial charge on any atom is -0.355 e. The van der Waals surface area contributed by atoms with Crippen molar-refractivity contribution in [2.75, 3.05) is 7.05 Å². The number of carbonyl (C=O) groups excluding carboxylic acids is 2. The van der Waals surface area contributed by atoms with E-state index >= 15 is 0 Å². The molecule has 24 heavy (non-hydrogen) atoms. The molecule has 128 valence electrons. The summed E-state index contributed by atoms with van der Waals surface area (Å²) in [5, 5.41) is 3.25. The smallest absolute Gasteiger partial charge is 0.246 e. The molecule has 0 bridgehead atoms. The topological polar surface area (TPSA) is 46.2 Å². The molecule has 0 unspecified atom stereocenters. The molecule has 1 amide bonds. The average molecular weight is 346 g/mol. The van der Waals surface area contributed by atoms with Crippen molar-refractivity contribution in [3.8, 4) is 0 Å². The number of halogens is 1. The number of carbonyl (C=O) groups is 2. The fourth-order valence-electron chi connectivity index (χ4n) is 2.22. The molecule has 1 aromatic carbocycles. The van der Waals surface area contributed by atoms with Crippen molar-refractivity contribution in [1.29, 1.82) is 0 Å². The molecule has 0 saturated carbocycles. The lowest BCUT2D eigenvalue weighted by Gasteiger charge is -2.10. The summed E-state index contributed by atoms with van der Waals surface area (Å²) in [5.41, 5.74) is 4.18. The molecule has 1 rings (SSSR count). The summed E-state index contributed by atoms with van der Waals surface area (Å²) in [6, 6.07) is 7.67. The maximum Gasteiger partial charge on any atom is 0.246 e. The van der Waals surface area contributed by atoms with Gasteiger partial charge in [-0.1, -0.05) is 42.3 Å². The summed E-state index contributed by atoms with van der Waals surface area (Å²) in [6.45, 7) is 5.79. The van der Waals surface area contributed by atoms with E-state index in [0.29, 0.717) is 22.6 Å². The second-order valence-corrected chi connectivity index (χ2v) is 6.00. The van der Waals surface area contributed by atoms with Crippen LogP contribution in [0.5, 0.6) is 0 Å². The summed E-state index contributed by atoms with van der Waals surface area (Å²) in [5.74, 6) is -0.202. The van der Waals surface area contributed by atoms with E-state index in [4.69, 9.17) is 11.6 Å². The normalized spacial score (nSPS) is 13.4. The van der Waals surface area contributed by atoms with Crippen molar-refractivity contribution in [2.45, 2.75) is 33.6 Å². The number of amides is 1. The first-order valence-electron chi connectivity index (χ1n) is 7.92. The average Bonchev–Trinajstić information content (AvgIpc) is 2.60. The van der Waals surface area contributed by atoms with E-state index in [1.165, 1.54) is 5.57 Å². The van der Waals surface area contributed by atoms with Crippen LogP contribution in [0, 0.1) is 0 Å². The summed E-state index contributed by atoms with van der Waals surface area (Å²) in [7, 11) is 1.56. The van der Waals surface area contributed by atoms with Gasteiger partial charge in [0.05, 0.1) is 0 Å². The standard InChI is InChI=1S/C20H24ClNO2/c1-5-14(2)18(12-17-8-6-7-9-19(17)21)11-16(13-23)10-15(3)20(24)22-4/h6-11,13H,5,12H2,1-4H3,(H,22,24)/b15-10+,16-11+,18-14-. The molecule has 0 atom stereocenters. The fourth-order valence-corrected chi connectivity index (χ4v) is 2.43. The SMILES string of the molecule is CC/C(C)=C(/C=C(C=O)\C=C(/C)C(=O)NC)Cc1ccccc1Cl. The number of hydrogen-bond acceptors (Lipinski definition) is 2. The molecule has 4 heteroatoms. The second-order valence-electron chi connectivity index (χ2n) is 5.60. The van der Waals surface area contributed by atoms with Crippen LogP contribution in [-0.4, -0.2) is 19.2 Å². The first kappa shape index (κ1) is 19.9. The molecule has 0 aliphatic rings. The second kappa shape index (κ2) is 9.89. The highest BCUT2D eigenvalue weighted by Crippen LogP contribution is 2.23. The van der Waals surface area contributed by atoms with Crippen LogP contribution in [-0.2, 0) is 16.0 Å². The molecule has 0 radical (unpaired) electrons. The predicted octanol–water partition coefficient (Wildman–Crippen LogP) is 4.43. The largest absolute Gasteiger partial charge is 0.355 e. The van der Waals surface area contributed by atoms with E-state index in [0.717, 1.165) is 23.8 Å². The molecule has 0 spiro atoms. The maximum absolute atomic E-state index is 11.6. The predicted molar refractivity (Wildman–Crippen MR) is 100 cm³/mol. The summed E-state index contributed by atoms with van der Waals surface area (Å²) in [6.07, 6.45) is 5.72. The molecule has 0 aliphatic carbocycles. The van der Waals surface area contributed by atoms with Gasteiger partial charge < -0.3 is 5.32 Å². The number of hydrogen-bond donors (Lipinski definition) is 1. The molecular weight excluding hydrogens is 322 g/mol. The van der Waals surface area contributed by atoms with Gasteiger partial charge in [0.25, 0.3) is 0 Å². The summed E-state index contributed by atoms with van der Waals surface area (Å²) < 4.78 is 0. The fraction of sp³-hybridized carbons (Fsp3) is 0.300. The lowest BCUT2D eigenvalue weighted by molar-refractivity contribution is -0.117. The van der Waals surface area contributed by atoms with Crippen molar-refractivity contribution in [3.05, 3.63) is 69.3 Å². The van der Waals surface area contributed by atoms with Crippen LogP contribution in [0.15, 0.2) is 58.7 Å². The third-order valence-electron chi connectivity index (χ3n) is 3.86. The zero-order valence-corrected chi connectivity index (χ0v) is 15.4. The third-order valence-corrected chi connectivity index (χ3v) is 4.23. The van der Waals surface area contributed by atoms with Gasteiger partial charge in [0.1, 0.15) is 6.29 Å². The zero-order chi connectivity index (χ0) is 18.1. The first-order valence-corrected chi connectivity index (χ1v) is 8.30. The van der Waals surface area contributed by atoms with Gasteiger partial charge in [-0.15, -0.1) is 0 Å². The summed E-state index contributed by atoms with van der Waals surface area (Å²) >= 11 is 6.25. The van der Waals surface area contributed by atoms with Gasteiger partial charge in [-0.25, -0.2) is 0 Å². The Morgan fingerprint density at radius 1 is 1.21 bits per heavy atom. The Morgan fingerprint density at radius 3 is 2.42 bits per heavy atom. The highest BCUT2D eigenvalue weighted by atomic mass is 35.5. The van der Waals surface area contributed by atoms with Crippen LogP contribution in [0.1, 0.15) is 32.8 Å². The van der Waals surface area contributed by atoms with Crippen LogP contribution in [0.2, 0.25) is 5.02 Å². The van der Waals surface area contributed by atoms with E-state index in [9.17, 15) is 9.59 Å². The number of benzene rings is 1. The molecule has 0 saturated heterocycles. The van der Waals surface area contributed by atoms with E-state index in [2.05, 4.69) is 12.2 Å². The first-order chi connectivity index (χ1) is 11.4. The van der Waals surface area contributed by atoms with Crippen LogP contribution >= 0.6 is 11.6 Å². The number of allylic oxidation sites excluding steroid dienone is 5. The quantitative estimate of drug-likeness (QED) is 0.451. The van der Waals surface area contributed by atoms with Crippen LogP contribution < -0.4 is 5.32 Å². The van der Waals surface area contributed by atoms with Gasteiger partial charge in [-0.2, -0.15) is 0 Å². The molecule has 0 aromatic heterocycles. The van der Waals surface area contributed by atoms with Crippen molar-refractivity contribution in [1.82, 2.24) is 5.32 Å². The molecule has 1 N–H and O–H groups in total. The molecule has 0 aliphatic heterocycles. The Hall–Kier alpha value is -2.13. The van der Waals surface area contributed by atoms with Crippen LogP contribution in [0.25, 0.3) is 0 Å². The lowest BCUT2D eigenvalue weighted by atomic mass is 9.96. The monoisotopic (exact) mass is 345 g/mol. The highest BCUT2D eigenvalue weighted by molar-refractivity contribution is 6.31. The number of nitrogens with one attached hydrogen (secondary N) is 1. The van der Waals surface area contributed by atoms with Gasteiger partial charge in [0.15, 0.2) is 0 Å². The molecule has 0 heterocycles. The van der Waals surface area contributed by atoms with Gasteiger partial charge in [0, 0.05) is 23.2 Å². The molecule has 3 nitrogen and oxygen atoms in total. The third kappa shape index (κ3) is 5.82. The van der Waals surface area contributed by atoms with Crippen molar-refractivity contribution in [3.63, 3.8) is 0 Å². The van der Waals surface area contributed by atoms with Crippen molar-refractivity contribution in [2.24, 2.45) is 0 Å². The zero-order valence-electron chi connectivity index (χ0n) is 14.7. The van der Waals surface area contributed by atoms with Gasteiger partial charge in [-0.05, 0) is 56.0 Å². The molecular formula is C20H24ClNO2. The Balaban J connectivity index is 3.24. The maximum atomic E-state index is 11.6. The number of rotatable bonds is 7. The Kier molecular flexibility index (Phi) is 8.20.